The van der Waals surface area contributed by atoms with Crippen molar-refractivity contribution in [2.24, 2.45) is 0 Å². The number of benzene rings is 2. The van der Waals surface area contributed by atoms with Crippen LogP contribution in [0, 0.1) is 13.8 Å². The van der Waals surface area contributed by atoms with Crippen LogP contribution in [0.2, 0.25) is 0 Å². The standard InChI is InChI=1S/C23H26N2O5S3/c1-15-5-9-19(10-6-15)32(26,27)21-22(25-13-17(3)30-18(4)14-25)31-23(24-21)33(28,29)20-11-7-16(2)8-12-20/h5-12,17-18H,13-14H2,1-4H3/t17-,18-/m1/s1. The van der Waals surface area contributed by atoms with Gasteiger partial charge in [-0.3, -0.25) is 0 Å². The van der Waals surface area contributed by atoms with Crippen molar-refractivity contribution in [1.29, 1.82) is 0 Å². The number of aryl methyl sites for hydroxylation is 2. The van der Waals surface area contributed by atoms with E-state index in [4.69, 9.17) is 4.74 Å². The Kier molecular flexibility index (Phi) is 6.38. The summed E-state index contributed by atoms with van der Waals surface area (Å²) in [6, 6.07) is 12.9. The van der Waals surface area contributed by atoms with Crippen LogP contribution >= 0.6 is 11.3 Å². The normalized spacial score (nSPS) is 19.6. The molecular formula is C23H26N2O5S3. The number of hydrogen-bond donors (Lipinski definition) is 0. The summed E-state index contributed by atoms with van der Waals surface area (Å²) in [5.74, 6) is 0. The summed E-state index contributed by atoms with van der Waals surface area (Å²) in [7, 11) is -8.03. The topological polar surface area (TPSA) is 93.6 Å². The van der Waals surface area contributed by atoms with E-state index in [2.05, 4.69) is 4.98 Å². The van der Waals surface area contributed by atoms with Crippen molar-refractivity contribution in [2.45, 2.75) is 59.1 Å². The van der Waals surface area contributed by atoms with Crippen molar-refractivity contribution in [3.63, 3.8) is 0 Å². The van der Waals surface area contributed by atoms with E-state index in [-0.39, 0.29) is 31.4 Å². The van der Waals surface area contributed by atoms with Gasteiger partial charge in [0, 0.05) is 13.1 Å². The monoisotopic (exact) mass is 506 g/mol. The third-order valence-electron chi connectivity index (χ3n) is 5.41. The second kappa shape index (κ2) is 8.83. The quantitative estimate of drug-likeness (QED) is 0.516. The molecule has 7 nitrogen and oxygen atoms in total. The molecule has 0 unspecified atom stereocenters. The minimum Gasteiger partial charge on any atom is -0.372 e. The molecule has 1 aliphatic rings. The lowest BCUT2D eigenvalue weighted by molar-refractivity contribution is -0.00517. The van der Waals surface area contributed by atoms with Gasteiger partial charge in [-0.2, -0.15) is 0 Å². The zero-order valence-corrected chi connectivity index (χ0v) is 21.3. The van der Waals surface area contributed by atoms with E-state index in [1.54, 1.807) is 24.3 Å². The number of nitrogens with zero attached hydrogens (tertiary/aromatic N) is 2. The SMILES string of the molecule is Cc1ccc(S(=O)(=O)c2nc(S(=O)(=O)c3ccc(C)cc3)c(N3C[C@@H](C)O[C@H](C)C3)s2)cc1. The van der Waals surface area contributed by atoms with Gasteiger partial charge in [-0.25, -0.2) is 21.8 Å². The zero-order chi connectivity index (χ0) is 24.0. The summed E-state index contributed by atoms with van der Waals surface area (Å²) in [4.78, 5) is 6.26. The first kappa shape index (κ1) is 23.9. The van der Waals surface area contributed by atoms with Gasteiger partial charge < -0.3 is 9.64 Å². The average molecular weight is 507 g/mol. The number of rotatable bonds is 5. The van der Waals surface area contributed by atoms with Crippen LogP contribution in [0.5, 0.6) is 0 Å². The van der Waals surface area contributed by atoms with Gasteiger partial charge in [0.1, 0.15) is 5.00 Å². The highest BCUT2D eigenvalue weighted by Crippen LogP contribution is 2.40. The molecule has 33 heavy (non-hydrogen) atoms. The fraction of sp³-hybridized carbons (Fsp3) is 0.348. The molecule has 2 heterocycles. The number of morpholine rings is 1. The fourth-order valence-corrected chi connectivity index (χ4v) is 8.20. The van der Waals surface area contributed by atoms with Crippen LogP contribution in [0.4, 0.5) is 5.00 Å². The third-order valence-corrected chi connectivity index (χ3v) is 10.5. The maximum atomic E-state index is 13.6. The van der Waals surface area contributed by atoms with Crippen LogP contribution < -0.4 is 4.90 Å². The minimum absolute atomic E-state index is 0.0771. The van der Waals surface area contributed by atoms with Crippen LogP contribution in [0.25, 0.3) is 0 Å². The largest absolute Gasteiger partial charge is 0.372 e. The smallest absolute Gasteiger partial charge is 0.233 e. The number of sulfone groups is 2. The summed E-state index contributed by atoms with van der Waals surface area (Å²) in [5, 5.41) is 0.0894. The van der Waals surface area contributed by atoms with Gasteiger partial charge >= 0.3 is 0 Å². The first-order chi connectivity index (χ1) is 15.5. The molecule has 4 rings (SSSR count). The molecule has 0 radical (unpaired) electrons. The second-order valence-corrected chi connectivity index (χ2v) is 13.4. The van der Waals surface area contributed by atoms with Crippen molar-refractivity contribution in [1.82, 2.24) is 4.98 Å². The molecule has 2 atom stereocenters. The van der Waals surface area contributed by atoms with Gasteiger partial charge in [-0.1, -0.05) is 46.7 Å². The predicted molar refractivity (Wildman–Crippen MR) is 128 cm³/mol. The third kappa shape index (κ3) is 4.70. The van der Waals surface area contributed by atoms with E-state index in [1.165, 1.54) is 24.3 Å². The number of hydrogen-bond acceptors (Lipinski definition) is 8. The number of thiazole rings is 1. The Balaban J connectivity index is 1.88. The molecule has 176 valence electrons. The number of aromatic nitrogens is 1. The number of anilines is 1. The minimum atomic E-state index is -4.05. The number of ether oxygens (including phenoxy) is 1. The molecule has 0 bridgehead atoms. The highest BCUT2D eigenvalue weighted by Gasteiger charge is 2.35. The molecule has 2 aromatic carbocycles. The summed E-state index contributed by atoms with van der Waals surface area (Å²) >= 11 is 0.893. The summed E-state index contributed by atoms with van der Waals surface area (Å²) in [6.45, 7) is 8.42. The highest BCUT2D eigenvalue weighted by molar-refractivity contribution is 7.94. The maximum Gasteiger partial charge on any atom is 0.233 e. The molecule has 1 aliphatic heterocycles. The van der Waals surface area contributed by atoms with E-state index < -0.39 is 19.7 Å². The lowest BCUT2D eigenvalue weighted by atomic mass is 10.2. The molecule has 0 spiro atoms. The molecule has 1 aromatic heterocycles. The van der Waals surface area contributed by atoms with Crippen LogP contribution in [-0.2, 0) is 24.4 Å². The summed E-state index contributed by atoms with van der Waals surface area (Å²) in [5.41, 5.74) is 1.85. The van der Waals surface area contributed by atoms with Crippen LogP contribution in [-0.4, -0.2) is 47.1 Å². The van der Waals surface area contributed by atoms with E-state index in [1.807, 2.05) is 32.6 Å². The first-order valence-electron chi connectivity index (χ1n) is 10.5. The molecule has 0 amide bonds. The first-order valence-corrected chi connectivity index (χ1v) is 14.3. The predicted octanol–water partition coefficient (Wildman–Crippen LogP) is 4.04. The van der Waals surface area contributed by atoms with Gasteiger partial charge in [-0.15, -0.1) is 0 Å². The lowest BCUT2D eigenvalue weighted by Crippen LogP contribution is -2.45. The Hall–Kier alpha value is -2.27. The van der Waals surface area contributed by atoms with Crippen molar-refractivity contribution >= 4 is 36.0 Å². The van der Waals surface area contributed by atoms with Crippen molar-refractivity contribution in [3.8, 4) is 0 Å². The molecule has 1 fully saturated rings. The molecular weight excluding hydrogens is 480 g/mol. The van der Waals surface area contributed by atoms with Crippen molar-refractivity contribution in [3.05, 3.63) is 59.7 Å². The van der Waals surface area contributed by atoms with Crippen LogP contribution in [0.3, 0.4) is 0 Å². The average Bonchev–Trinajstić information content (AvgIpc) is 3.21. The molecule has 0 aliphatic carbocycles. The Morgan fingerprint density at radius 1 is 0.818 bits per heavy atom. The van der Waals surface area contributed by atoms with Gasteiger partial charge in [0.15, 0.2) is 5.03 Å². The Bertz CT molecular complexity index is 1350. The molecule has 3 aromatic rings. The molecule has 0 saturated carbocycles. The Labute approximate surface area is 198 Å². The zero-order valence-electron chi connectivity index (χ0n) is 18.8. The van der Waals surface area contributed by atoms with E-state index in [0.717, 1.165) is 22.5 Å². The van der Waals surface area contributed by atoms with Crippen LogP contribution in [0.15, 0.2) is 67.7 Å². The van der Waals surface area contributed by atoms with Crippen LogP contribution in [0.1, 0.15) is 25.0 Å². The lowest BCUT2D eigenvalue weighted by Gasteiger charge is -2.36. The second-order valence-electron chi connectivity index (χ2n) is 8.39. The van der Waals surface area contributed by atoms with E-state index in [0.29, 0.717) is 18.1 Å². The van der Waals surface area contributed by atoms with Gasteiger partial charge in [0.2, 0.25) is 24.0 Å². The maximum absolute atomic E-state index is 13.6. The Morgan fingerprint density at radius 2 is 1.27 bits per heavy atom. The van der Waals surface area contributed by atoms with E-state index >= 15 is 0 Å². The van der Waals surface area contributed by atoms with Gasteiger partial charge in [-0.05, 0) is 52.0 Å². The Morgan fingerprint density at radius 3 is 1.76 bits per heavy atom. The summed E-state index contributed by atoms with van der Waals surface area (Å²) in [6.07, 6.45) is -0.272. The van der Waals surface area contributed by atoms with Crippen molar-refractivity contribution < 1.29 is 21.6 Å². The molecule has 0 N–H and O–H groups in total. The van der Waals surface area contributed by atoms with Gasteiger partial charge in [0.25, 0.3) is 0 Å². The van der Waals surface area contributed by atoms with Gasteiger partial charge in [0.05, 0.1) is 22.0 Å². The fourth-order valence-electron chi connectivity index (χ4n) is 3.76. The molecule has 10 heteroatoms. The van der Waals surface area contributed by atoms with Crippen molar-refractivity contribution in [2.75, 3.05) is 18.0 Å². The molecule has 1 saturated heterocycles. The summed E-state index contributed by atoms with van der Waals surface area (Å²) < 4.78 is 59.4. The highest BCUT2D eigenvalue weighted by atomic mass is 32.2. The van der Waals surface area contributed by atoms with E-state index in [9.17, 15) is 16.8 Å².